The molecule has 0 heterocycles. The van der Waals surface area contributed by atoms with E-state index in [9.17, 15) is 4.79 Å². The summed E-state index contributed by atoms with van der Waals surface area (Å²) in [5.41, 5.74) is 8.22. The third-order valence-electron chi connectivity index (χ3n) is 3.05. The number of nitrogens with two attached hydrogens (primary N) is 1. The molecule has 21 heavy (non-hydrogen) atoms. The largest absolute Gasteiger partial charge is 0.399 e. The van der Waals surface area contributed by atoms with Crippen LogP contribution in [0.5, 0.6) is 0 Å². The molecule has 2 aromatic carbocycles. The van der Waals surface area contributed by atoms with Gasteiger partial charge < -0.3 is 11.1 Å². The summed E-state index contributed by atoms with van der Waals surface area (Å²) in [6.45, 7) is 1.91. The van der Waals surface area contributed by atoms with E-state index in [0.717, 1.165) is 11.1 Å². The Kier molecular flexibility index (Phi) is 5.01. The molecule has 1 amide bonds. The number of carbonyl (C=O) groups is 1. The third kappa shape index (κ3) is 4.65. The first kappa shape index (κ1) is 15.1. The Labute approximate surface area is 129 Å². The van der Waals surface area contributed by atoms with Crippen LogP contribution in [-0.2, 0) is 4.79 Å². The number of hydrogen-bond donors (Lipinski definition) is 2. The number of benzene rings is 2. The van der Waals surface area contributed by atoms with E-state index in [1.54, 1.807) is 18.2 Å². The first-order valence-corrected chi connectivity index (χ1v) is 7.02. The molecule has 0 saturated heterocycles. The van der Waals surface area contributed by atoms with Crippen molar-refractivity contribution in [3.63, 3.8) is 0 Å². The topological polar surface area (TPSA) is 55.1 Å². The van der Waals surface area contributed by atoms with Crippen LogP contribution < -0.4 is 11.1 Å². The lowest BCUT2D eigenvalue weighted by Crippen LogP contribution is -2.24. The molecule has 0 spiro atoms. The summed E-state index contributed by atoms with van der Waals surface area (Å²) in [7, 11) is 0. The van der Waals surface area contributed by atoms with E-state index in [1.807, 2.05) is 43.3 Å². The van der Waals surface area contributed by atoms with Crippen molar-refractivity contribution in [1.82, 2.24) is 5.32 Å². The van der Waals surface area contributed by atoms with E-state index in [0.29, 0.717) is 10.7 Å². The highest BCUT2D eigenvalue weighted by molar-refractivity contribution is 6.30. The summed E-state index contributed by atoms with van der Waals surface area (Å²) in [4.78, 5) is 11.9. The zero-order valence-corrected chi connectivity index (χ0v) is 12.5. The SMILES string of the molecule is C[C@H](NC(=O)/C=C/c1cccc(N)c1)c1cccc(Cl)c1. The van der Waals surface area contributed by atoms with Gasteiger partial charge in [-0.15, -0.1) is 0 Å². The third-order valence-corrected chi connectivity index (χ3v) is 3.28. The molecular weight excluding hydrogens is 284 g/mol. The molecule has 0 saturated carbocycles. The molecule has 0 aliphatic heterocycles. The molecule has 4 heteroatoms. The number of hydrogen-bond acceptors (Lipinski definition) is 2. The van der Waals surface area contributed by atoms with Gasteiger partial charge in [0.2, 0.25) is 5.91 Å². The Morgan fingerprint density at radius 2 is 2.00 bits per heavy atom. The number of halogens is 1. The highest BCUT2D eigenvalue weighted by Gasteiger charge is 2.07. The Morgan fingerprint density at radius 1 is 1.24 bits per heavy atom. The molecule has 3 nitrogen and oxygen atoms in total. The monoisotopic (exact) mass is 300 g/mol. The second-order valence-corrected chi connectivity index (χ2v) is 5.23. The summed E-state index contributed by atoms with van der Waals surface area (Å²) >= 11 is 5.94. The van der Waals surface area contributed by atoms with Gasteiger partial charge in [-0.25, -0.2) is 0 Å². The molecule has 0 radical (unpaired) electrons. The second kappa shape index (κ2) is 6.95. The van der Waals surface area contributed by atoms with Gasteiger partial charge in [0.15, 0.2) is 0 Å². The maximum atomic E-state index is 11.9. The van der Waals surface area contributed by atoms with Crippen LogP contribution in [-0.4, -0.2) is 5.91 Å². The molecular formula is C17H17ClN2O. The maximum Gasteiger partial charge on any atom is 0.244 e. The van der Waals surface area contributed by atoms with Crippen molar-refractivity contribution in [3.8, 4) is 0 Å². The van der Waals surface area contributed by atoms with Crippen LogP contribution in [0, 0.1) is 0 Å². The fraction of sp³-hybridized carbons (Fsp3) is 0.118. The summed E-state index contributed by atoms with van der Waals surface area (Å²) < 4.78 is 0. The predicted octanol–water partition coefficient (Wildman–Crippen LogP) is 3.81. The molecule has 3 N–H and O–H groups in total. The van der Waals surface area contributed by atoms with Gasteiger partial charge in [-0.2, -0.15) is 0 Å². The second-order valence-electron chi connectivity index (χ2n) is 4.79. The van der Waals surface area contributed by atoms with Gasteiger partial charge in [0.1, 0.15) is 0 Å². The van der Waals surface area contributed by atoms with Crippen molar-refractivity contribution in [3.05, 3.63) is 70.8 Å². The van der Waals surface area contributed by atoms with Crippen LogP contribution in [0.2, 0.25) is 5.02 Å². The van der Waals surface area contributed by atoms with Crippen molar-refractivity contribution >= 4 is 29.3 Å². The summed E-state index contributed by atoms with van der Waals surface area (Å²) in [5.74, 6) is -0.162. The number of nitrogens with one attached hydrogen (secondary N) is 1. The normalized spacial score (nSPS) is 12.3. The Balaban J connectivity index is 1.98. The Hall–Kier alpha value is -2.26. The summed E-state index contributed by atoms with van der Waals surface area (Å²) in [6, 6.07) is 14.7. The molecule has 0 aromatic heterocycles. The molecule has 0 bridgehead atoms. The van der Waals surface area contributed by atoms with Gasteiger partial charge in [0, 0.05) is 16.8 Å². The lowest BCUT2D eigenvalue weighted by atomic mass is 10.1. The smallest absolute Gasteiger partial charge is 0.244 e. The predicted molar refractivity (Wildman–Crippen MR) is 87.9 cm³/mol. The average Bonchev–Trinajstić information content (AvgIpc) is 2.45. The summed E-state index contributed by atoms with van der Waals surface area (Å²) in [5, 5.41) is 3.55. The molecule has 0 aliphatic rings. The molecule has 0 unspecified atom stereocenters. The van der Waals surface area contributed by atoms with Gasteiger partial charge in [-0.3, -0.25) is 4.79 Å². The standard InChI is InChI=1S/C17H17ClN2O/c1-12(14-5-3-6-15(18)11-14)20-17(21)9-8-13-4-2-7-16(19)10-13/h2-12H,19H2,1H3,(H,20,21)/b9-8+/t12-/m0/s1. The van der Waals surface area contributed by atoms with Gasteiger partial charge >= 0.3 is 0 Å². The van der Waals surface area contributed by atoms with Crippen molar-refractivity contribution in [2.75, 3.05) is 5.73 Å². The quantitative estimate of drug-likeness (QED) is 0.666. The zero-order valence-electron chi connectivity index (χ0n) is 11.7. The molecule has 0 aliphatic carbocycles. The molecule has 1 atom stereocenters. The van der Waals surface area contributed by atoms with Gasteiger partial charge in [0.25, 0.3) is 0 Å². The van der Waals surface area contributed by atoms with Crippen LogP contribution in [0.25, 0.3) is 6.08 Å². The zero-order chi connectivity index (χ0) is 15.2. The van der Waals surface area contributed by atoms with Crippen LogP contribution in [0.3, 0.4) is 0 Å². The molecule has 2 aromatic rings. The number of anilines is 1. The molecule has 0 fully saturated rings. The Morgan fingerprint density at radius 3 is 2.71 bits per heavy atom. The van der Waals surface area contributed by atoms with Crippen molar-refractivity contribution < 1.29 is 4.79 Å². The van der Waals surface area contributed by atoms with Crippen molar-refractivity contribution in [2.24, 2.45) is 0 Å². The van der Waals surface area contributed by atoms with Crippen LogP contribution >= 0.6 is 11.6 Å². The fourth-order valence-electron chi connectivity index (χ4n) is 1.96. The van der Waals surface area contributed by atoms with E-state index in [4.69, 9.17) is 17.3 Å². The fourth-order valence-corrected chi connectivity index (χ4v) is 2.15. The maximum absolute atomic E-state index is 11.9. The van der Waals surface area contributed by atoms with E-state index in [2.05, 4.69) is 5.32 Å². The van der Waals surface area contributed by atoms with Crippen molar-refractivity contribution in [2.45, 2.75) is 13.0 Å². The first-order valence-electron chi connectivity index (χ1n) is 6.64. The molecule has 2 rings (SSSR count). The number of rotatable bonds is 4. The summed E-state index contributed by atoms with van der Waals surface area (Å²) in [6.07, 6.45) is 3.23. The van der Waals surface area contributed by atoms with Crippen molar-refractivity contribution in [1.29, 1.82) is 0 Å². The minimum Gasteiger partial charge on any atom is -0.399 e. The lowest BCUT2D eigenvalue weighted by molar-refractivity contribution is -0.117. The Bertz CT molecular complexity index is 667. The lowest BCUT2D eigenvalue weighted by Gasteiger charge is -2.13. The van der Waals surface area contributed by atoms with Gasteiger partial charge in [-0.05, 0) is 48.4 Å². The van der Waals surface area contributed by atoms with E-state index in [-0.39, 0.29) is 11.9 Å². The van der Waals surface area contributed by atoms with Gasteiger partial charge in [-0.1, -0.05) is 35.9 Å². The van der Waals surface area contributed by atoms with E-state index >= 15 is 0 Å². The number of nitrogen functional groups attached to an aromatic ring is 1. The van der Waals surface area contributed by atoms with Gasteiger partial charge in [0.05, 0.1) is 6.04 Å². The van der Waals surface area contributed by atoms with E-state index in [1.165, 1.54) is 6.08 Å². The first-order chi connectivity index (χ1) is 10.0. The highest BCUT2D eigenvalue weighted by atomic mass is 35.5. The minimum atomic E-state index is -0.162. The number of amides is 1. The van der Waals surface area contributed by atoms with E-state index < -0.39 is 0 Å². The average molecular weight is 301 g/mol. The highest BCUT2D eigenvalue weighted by Crippen LogP contribution is 2.17. The van der Waals surface area contributed by atoms with Crippen LogP contribution in [0.1, 0.15) is 24.1 Å². The number of carbonyl (C=O) groups excluding carboxylic acids is 1. The van der Waals surface area contributed by atoms with Crippen LogP contribution in [0.15, 0.2) is 54.6 Å². The molecule has 108 valence electrons. The minimum absolute atomic E-state index is 0.110. The van der Waals surface area contributed by atoms with Crippen LogP contribution in [0.4, 0.5) is 5.69 Å².